The van der Waals surface area contributed by atoms with Gasteiger partial charge in [-0.15, -0.1) is 0 Å². The highest BCUT2D eigenvalue weighted by Gasteiger charge is 2.09. The number of benzene rings is 1. The van der Waals surface area contributed by atoms with Crippen LogP contribution >= 0.6 is 0 Å². The van der Waals surface area contributed by atoms with E-state index >= 15 is 0 Å². The van der Waals surface area contributed by atoms with Crippen molar-refractivity contribution in [1.82, 2.24) is 15.5 Å². The lowest BCUT2D eigenvalue weighted by Gasteiger charge is -2.26. The molecule has 1 aliphatic heterocycles. The van der Waals surface area contributed by atoms with Crippen molar-refractivity contribution in [3.63, 3.8) is 0 Å². The van der Waals surface area contributed by atoms with Crippen molar-refractivity contribution in [3.8, 4) is 5.75 Å². The molecule has 0 aromatic heterocycles. The maximum Gasteiger partial charge on any atom is 0.318 e. The van der Waals surface area contributed by atoms with E-state index in [2.05, 4.69) is 15.5 Å². The largest absolute Gasteiger partial charge is 0.496 e. The molecule has 0 spiro atoms. The number of nitrogens with one attached hydrogen (secondary N) is 2. The Bertz CT molecular complexity index is 499. The van der Waals surface area contributed by atoms with Crippen molar-refractivity contribution in [1.29, 1.82) is 0 Å². The van der Waals surface area contributed by atoms with Gasteiger partial charge in [-0.3, -0.25) is 4.90 Å². The molecule has 1 aromatic rings. The maximum absolute atomic E-state index is 11.7. The van der Waals surface area contributed by atoms with E-state index in [4.69, 9.17) is 9.47 Å². The fourth-order valence-corrected chi connectivity index (χ4v) is 2.21. The molecular weight excluding hydrogens is 282 g/mol. The topological polar surface area (TPSA) is 62.8 Å². The summed E-state index contributed by atoms with van der Waals surface area (Å²) in [6.07, 6.45) is 3.42. The minimum atomic E-state index is -0.209. The number of ether oxygens (including phenoxy) is 2. The number of morpholine rings is 1. The summed E-state index contributed by atoms with van der Waals surface area (Å²) < 4.78 is 10.5. The van der Waals surface area contributed by atoms with Gasteiger partial charge in [0.15, 0.2) is 0 Å². The number of amides is 2. The first-order valence-electron chi connectivity index (χ1n) is 7.43. The fraction of sp³-hybridized carbons (Fsp3) is 0.438. The fourth-order valence-electron chi connectivity index (χ4n) is 2.21. The Morgan fingerprint density at radius 1 is 1.36 bits per heavy atom. The lowest BCUT2D eigenvalue weighted by molar-refractivity contribution is 0.0387. The Morgan fingerprint density at radius 3 is 2.91 bits per heavy atom. The summed E-state index contributed by atoms with van der Waals surface area (Å²) in [4.78, 5) is 14.0. The Balaban J connectivity index is 1.67. The van der Waals surface area contributed by atoms with Gasteiger partial charge in [0.1, 0.15) is 5.75 Å². The molecule has 0 radical (unpaired) electrons. The number of rotatable bonds is 6. The minimum absolute atomic E-state index is 0.209. The highest BCUT2D eigenvalue weighted by atomic mass is 16.5. The molecule has 2 N–H and O–H groups in total. The van der Waals surface area contributed by atoms with Crippen LogP contribution in [0.25, 0.3) is 6.08 Å². The van der Waals surface area contributed by atoms with E-state index in [0.29, 0.717) is 6.54 Å². The Labute approximate surface area is 131 Å². The van der Waals surface area contributed by atoms with Crippen molar-refractivity contribution in [2.75, 3.05) is 46.5 Å². The van der Waals surface area contributed by atoms with Crippen LogP contribution in [0, 0.1) is 0 Å². The van der Waals surface area contributed by atoms with E-state index in [9.17, 15) is 4.79 Å². The summed E-state index contributed by atoms with van der Waals surface area (Å²) in [5, 5.41) is 5.52. The van der Waals surface area contributed by atoms with Crippen LogP contribution in [-0.4, -0.2) is 57.4 Å². The molecule has 1 saturated heterocycles. The number of hydrogen-bond acceptors (Lipinski definition) is 4. The number of nitrogens with zero attached hydrogens (tertiary/aromatic N) is 1. The molecule has 1 heterocycles. The van der Waals surface area contributed by atoms with Gasteiger partial charge in [0.25, 0.3) is 0 Å². The first-order chi connectivity index (χ1) is 10.8. The zero-order valence-electron chi connectivity index (χ0n) is 12.9. The lowest BCUT2D eigenvalue weighted by Crippen LogP contribution is -2.42. The number of para-hydroxylation sites is 1. The number of carbonyl (C=O) groups excluding carboxylic acids is 1. The molecule has 1 aliphatic rings. The molecule has 0 aliphatic carbocycles. The van der Waals surface area contributed by atoms with Gasteiger partial charge in [-0.2, -0.15) is 0 Å². The van der Waals surface area contributed by atoms with E-state index in [-0.39, 0.29) is 6.03 Å². The second kappa shape index (κ2) is 9.07. The monoisotopic (exact) mass is 305 g/mol. The smallest absolute Gasteiger partial charge is 0.318 e. The average Bonchev–Trinajstić information content (AvgIpc) is 2.56. The van der Waals surface area contributed by atoms with Crippen LogP contribution in [0.15, 0.2) is 30.5 Å². The van der Waals surface area contributed by atoms with E-state index in [1.165, 1.54) is 0 Å². The van der Waals surface area contributed by atoms with Crippen molar-refractivity contribution in [2.45, 2.75) is 0 Å². The highest BCUT2D eigenvalue weighted by Crippen LogP contribution is 2.18. The first kappa shape index (κ1) is 16.3. The van der Waals surface area contributed by atoms with E-state index < -0.39 is 0 Å². The third kappa shape index (κ3) is 5.38. The molecule has 120 valence electrons. The Hall–Kier alpha value is -2.05. The third-order valence-electron chi connectivity index (χ3n) is 3.43. The standard InChI is InChI=1S/C16H23N3O3/c1-21-15-5-3-2-4-14(15)6-7-17-16(20)18-8-9-19-10-12-22-13-11-19/h2-7H,8-13H2,1H3,(H2,17,18,20)/b7-6+. The number of hydrogen-bond donors (Lipinski definition) is 2. The molecule has 0 atom stereocenters. The van der Waals surface area contributed by atoms with Crippen LogP contribution in [0.5, 0.6) is 5.75 Å². The van der Waals surface area contributed by atoms with Gasteiger partial charge < -0.3 is 20.1 Å². The lowest BCUT2D eigenvalue weighted by atomic mass is 10.2. The first-order valence-corrected chi connectivity index (χ1v) is 7.43. The van der Waals surface area contributed by atoms with Gasteiger partial charge >= 0.3 is 6.03 Å². The zero-order valence-corrected chi connectivity index (χ0v) is 12.9. The number of urea groups is 1. The average molecular weight is 305 g/mol. The van der Waals surface area contributed by atoms with Gasteiger partial charge in [-0.1, -0.05) is 18.2 Å². The normalized spacial score (nSPS) is 15.7. The van der Waals surface area contributed by atoms with Gasteiger partial charge in [-0.25, -0.2) is 4.79 Å². The quantitative estimate of drug-likeness (QED) is 0.831. The van der Waals surface area contributed by atoms with Gasteiger partial charge in [0.2, 0.25) is 0 Å². The molecule has 6 nitrogen and oxygen atoms in total. The minimum Gasteiger partial charge on any atom is -0.496 e. The number of methoxy groups -OCH3 is 1. The summed E-state index contributed by atoms with van der Waals surface area (Å²) in [7, 11) is 1.62. The summed E-state index contributed by atoms with van der Waals surface area (Å²) >= 11 is 0. The summed E-state index contributed by atoms with van der Waals surface area (Å²) in [5.41, 5.74) is 0.915. The Morgan fingerprint density at radius 2 is 2.14 bits per heavy atom. The van der Waals surface area contributed by atoms with Crippen LogP contribution in [0.2, 0.25) is 0 Å². The van der Waals surface area contributed by atoms with Gasteiger partial charge in [-0.05, 0) is 12.1 Å². The van der Waals surface area contributed by atoms with Crippen molar-refractivity contribution in [3.05, 3.63) is 36.0 Å². The van der Waals surface area contributed by atoms with E-state index in [1.807, 2.05) is 24.3 Å². The predicted molar refractivity (Wildman–Crippen MR) is 85.8 cm³/mol. The van der Waals surface area contributed by atoms with E-state index in [1.54, 1.807) is 19.4 Å². The van der Waals surface area contributed by atoms with Crippen LogP contribution in [0.3, 0.4) is 0 Å². The summed E-state index contributed by atoms with van der Waals surface area (Å²) in [5.74, 6) is 0.772. The van der Waals surface area contributed by atoms with Crippen molar-refractivity contribution < 1.29 is 14.3 Å². The molecular formula is C16H23N3O3. The molecule has 2 rings (SSSR count). The van der Waals surface area contributed by atoms with Crippen LogP contribution < -0.4 is 15.4 Å². The maximum atomic E-state index is 11.7. The predicted octanol–water partition coefficient (Wildman–Crippen LogP) is 1.30. The summed E-state index contributed by atoms with van der Waals surface area (Å²) in [6.45, 7) is 4.86. The van der Waals surface area contributed by atoms with Crippen molar-refractivity contribution >= 4 is 12.1 Å². The molecule has 0 bridgehead atoms. The third-order valence-corrected chi connectivity index (χ3v) is 3.43. The molecule has 22 heavy (non-hydrogen) atoms. The molecule has 0 unspecified atom stereocenters. The second-order valence-corrected chi connectivity index (χ2v) is 4.93. The van der Waals surface area contributed by atoms with Crippen LogP contribution in [-0.2, 0) is 4.74 Å². The second-order valence-electron chi connectivity index (χ2n) is 4.93. The number of carbonyl (C=O) groups is 1. The molecule has 1 aromatic carbocycles. The molecule has 2 amide bonds. The molecule has 1 fully saturated rings. The van der Waals surface area contributed by atoms with Gasteiger partial charge in [0.05, 0.1) is 20.3 Å². The SMILES string of the molecule is COc1ccccc1/C=C/NC(=O)NCCN1CCOCC1. The van der Waals surface area contributed by atoms with Crippen LogP contribution in [0.1, 0.15) is 5.56 Å². The summed E-state index contributed by atoms with van der Waals surface area (Å²) in [6, 6.07) is 7.42. The van der Waals surface area contributed by atoms with Gasteiger partial charge in [0, 0.05) is 37.9 Å². The molecule has 6 heteroatoms. The van der Waals surface area contributed by atoms with Crippen LogP contribution in [0.4, 0.5) is 4.79 Å². The van der Waals surface area contributed by atoms with Crippen molar-refractivity contribution in [2.24, 2.45) is 0 Å². The Kier molecular flexibility index (Phi) is 6.73. The molecule has 0 saturated carbocycles. The zero-order chi connectivity index (χ0) is 15.6. The highest BCUT2D eigenvalue weighted by molar-refractivity contribution is 5.76. The van der Waals surface area contributed by atoms with E-state index in [0.717, 1.165) is 44.2 Å².